The summed E-state index contributed by atoms with van der Waals surface area (Å²) in [6, 6.07) is 0. The number of nitrogens with zero attached hydrogens (tertiary/aromatic N) is 1. The van der Waals surface area contributed by atoms with Gasteiger partial charge >= 0.3 is 51.4 Å². The Kier molecular flexibility index (Phi) is 40.5. The van der Waals surface area contributed by atoms with Gasteiger partial charge in [-0.3, -0.25) is 0 Å². The average molecular weight is 587 g/mol. The van der Waals surface area contributed by atoms with Crippen molar-refractivity contribution < 1.29 is 21.5 Å². The maximum atomic E-state index is 2.34. The van der Waals surface area contributed by atoms with Crippen LogP contribution < -0.4 is 17.0 Å². The van der Waals surface area contributed by atoms with Crippen LogP contribution in [0, 0.1) is 0 Å². The molecule has 210 valence electrons. The molecule has 0 aromatic rings. The average Bonchev–Trinajstić information content (AvgIpc) is 2.83. The zero-order chi connectivity index (χ0) is 24.3. The van der Waals surface area contributed by atoms with Crippen molar-refractivity contribution in [2.45, 2.75) is 182 Å². The molecule has 0 aliphatic rings. The number of unbranched alkanes of at least 4 members (excludes halogenated alkanes) is 20. The number of rotatable bonds is 28. The van der Waals surface area contributed by atoms with E-state index in [2.05, 4.69) is 27.7 Å². The Bertz CT molecular complexity index is 294. The van der Waals surface area contributed by atoms with Crippen LogP contribution in [0.1, 0.15) is 182 Å². The minimum atomic E-state index is 0. The van der Waals surface area contributed by atoms with Crippen molar-refractivity contribution in [1.82, 2.24) is 0 Å². The van der Waals surface area contributed by atoms with E-state index in [0.29, 0.717) is 0 Å². The topological polar surface area (TPSA) is 0 Å². The molecule has 35 heavy (non-hydrogen) atoms. The normalized spacial score (nSPS) is 11.3. The fraction of sp³-hybridized carbons (Fsp3) is 1.00. The molecule has 0 saturated heterocycles. The number of hydrogen-bond acceptors (Lipinski definition) is 0. The van der Waals surface area contributed by atoms with Gasteiger partial charge in [-0.05, 0) is 51.4 Å². The molecule has 0 saturated carbocycles. The first-order chi connectivity index (χ1) is 16.2. The molecule has 1 nitrogen and oxygen atoms in total. The Hall–Kier alpha value is 2.08. The molecule has 0 atom stereocenters. The van der Waals surface area contributed by atoms with Crippen molar-refractivity contribution in [2.75, 3.05) is 26.2 Å². The van der Waals surface area contributed by atoms with Crippen LogP contribution in [0.5, 0.6) is 0 Å². The molecule has 0 heterocycles. The quantitative estimate of drug-likeness (QED) is 0.0503. The van der Waals surface area contributed by atoms with Gasteiger partial charge < -0.3 is 21.5 Å². The summed E-state index contributed by atoms with van der Waals surface area (Å²) < 4.78 is 1.48. The summed E-state index contributed by atoms with van der Waals surface area (Å²) in [6.45, 7) is 15.3. The number of halogens is 1. The van der Waals surface area contributed by atoms with Gasteiger partial charge in [0.05, 0.1) is 26.2 Å². The van der Waals surface area contributed by atoms with Crippen molar-refractivity contribution in [3.8, 4) is 0 Å². The van der Waals surface area contributed by atoms with Gasteiger partial charge in [0.1, 0.15) is 0 Å². The second kappa shape index (κ2) is 34.1. The standard InChI is InChI=1S/C32H68N.BrH.K.H/c1-5-9-13-17-21-25-29-33(30-26-22-18-14-10-6-2,31-27-23-19-15-11-7-3)32-28-24-20-16-12-8-4;;;/h5-32H2,1-4H3;1H;;/q+1;;;/p-1. The Morgan fingerprint density at radius 1 is 0.286 bits per heavy atom. The molecular weight excluding hydrogens is 517 g/mol. The second-order valence-electron chi connectivity index (χ2n) is 11.3. The van der Waals surface area contributed by atoms with Crippen molar-refractivity contribution in [2.24, 2.45) is 0 Å². The Labute approximate surface area is 277 Å². The Balaban J connectivity index is -0.00000512. The van der Waals surface area contributed by atoms with Crippen LogP contribution >= 0.6 is 0 Å². The predicted octanol–water partition coefficient (Wildman–Crippen LogP) is 7.60. The molecule has 0 bridgehead atoms. The summed E-state index contributed by atoms with van der Waals surface area (Å²) in [5.74, 6) is 0. The van der Waals surface area contributed by atoms with Gasteiger partial charge in [0.2, 0.25) is 0 Å². The molecule has 0 aromatic carbocycles. The molecule has 0 radical (unpaired) electrons. The van der Waals surface area contributed by atoms with E-state index in [1.54, 1.807) is 0 Å². The van der Waals surface area contributed by atoms with E-state index in [4.69, 9.17) is 0 Å². The van der Waals surface area contributed by atoms with Crippen molar-refractivity contribution in [3.05, 3.63) is 0 Å². The molecule has 3 heteroatoms. The first-order valence-electron chi connectivity index (χ1n) is 16.1. The molecule has 0 aliphatic carbocycles. The fourth-order valence-electron chi connectivity index (χ4n) is 5.58. The summed E-state index contributed by atoms with van der Waals surface area (Å²) in [5.41, 5.74) is 0. The van der Waals surface area contributed by atoms with Crippen LogP contribution in [0.4, 0.5) is 0 Å². The van der Waals surface area contributed by atoms with Crippen molar-refractivity contribution in [1.29, 1.82) is 0 Å². The first kappa shape index (κ1) is 41.6. The van der Waals surface area contributed by atoms with E-state index in [9.17, 15) is 0 Å². The van der Waals surface area contributed by atoms with Gasteiger partial charge in [-0.25, -0.2) is 0 Å². The molecule has 0 aliphatic heterocycles. The molecule has 0 N–H and O–H groups in total. The summed E-state index contributed by atoms with van der Waals surface area (Å²) in [6.07, 6.45) is 34.8. The number of hydrogen-bond donors (Lipinski definition) is 0. The van der Waals surface area contributed by atoms with Crippen molar-refractivity contribution >= 4 is 51.4 Å². The van der Waals surface area contributed by atoms with Gasteiger partial charge in [0.25, 0.3) is 0 Å². The van der Waals surface area contributed by atoms with E-state index < -0.39 is 0 Å². The van der Waals surface area contributed by atoms with Crippen LogP contribution in [0.3, 0.4) is 0 Å². The third-order valence-corrected chi connectivity index (χ3v) is 7.94. The summed E-state index contributed by atoms with van der Waals surface area (Å²) in [7, 11) is 0. The van der Waals surface area contributed by atoms with Crippen molar-refractivity contribution in [3.63, 3.8) is 0 Å². The van der Waals surface area contributed by atoms with Crippen LogP contribution in [-0.4, -0.2) is 82.0 Å². The third-order valence-electron chi connectivity index (χ3n) is 7.94. The summed E-state index contributed by atoms with van der Waals surface area (Å²) in [5, 5.41) is 0. The predicted molar refractivity (Wildman–Crippen MR) is 160 cm³/mol. The molecular formula is C32H69BrKN. The monoisotopic (exact) mass is 585 g/mol. The third kappa shape index (κ3) is 28.9. The van der Waals surface area contributed by atoms with Gasteiger partial charge in [-0.2, -0.15) is 0 Å². The molecule has 0 amide bonds. The van der Waals surface area contributed by atoms with Crippen LogP contribution in [0.25, 0.3) is 0 Å². The molecule has 0 spiro atoms. The zero-order valence-electron chi connectivity index (χ0n) is 24.6. The zero-order valence-corrected chi connectivity index (χ0v) is 26.2. The van der Waals surface area contributed by atoms with Crippen LogP contribution in [-0.2, 0) is 0 Å². The van der Waals surface area contributed by atoms with Gasteiger partial charge in [0, 0.05) is 0 Å². The second-order valence-corrected chi connectivity index (χ2v) is 11.3. The van der Waals surface area contributed by atoms with E-state index in [0.717, 1.165) is 0 Å². The minimum absolute atomic E-state index is 0. The Morgan fingerprint density at radius 2 is 0.457 bits per heavy atom. The van der Waals surface area contributed by atoms with E-state index in [1.807, 2.05) is 0 Å². The molecule has 0 unspecified atom stereocenters. The fourth-order valence-corrected chi connectivity index (χ4v) is 5.58. The maximum absolute atomic E-state index is 2.34. The first-order valence-corrected chi connectivity index (χ1v) is 16.1. The summed E-state index contributed by atoms with van der Waals surface area (Å²) >= 11 is 0. The number of quaternary nitrogens is 1. The SMILES string of the molecule is CCCCCCCC[N+](CCCCCCCC)(CCCCCCCC)CCCCCCCC.[Br-].[KH]. The van der Waals surface area contributed by atoms with E-state index in [1.165, 1.54) is 185 Å². The Morgan fingerprint density at radius 3 is 0.657 bits per heavy atom. The van der Waals surface area contributed by atoms with E-state index in [-0.39, 0.29) is 68.4 Å². The molecule has 0 aromatic heterocycles. The van der Waals surface area contributed by atoms with Crippen LogP contribution in [0.2, 0.25) is 0 Å². The van der Waals surface area contributed by atoms with Gasteiger partial charge in [-0.1, -0.05) is 130 Å². The van der Waals surface area contributed by atoms with Gasteiger partial charge in [-0.15, -0.1) is 0 Å². The molecule has 0 rings (SSSR count). The van der Waals surface area contributed by atoms with Gasteiger partial charge in [0.15, 0.2) is 0 Å². The summed E-state index contributed by atoms with van der Waals surface area (Å²) in [4.78, 5) is 0. The van der Waals surface area contributed by atoms with E-state index >= 15 is 0 Å². The van der Waals surface area contributed by atoms with Crippen LogP contribution in [0.15, 0.2) is 0 Å². The molecule has 0 fully saturated rings.